The first kappa shape index (κ1) is 26.6. The number of amides is 1. The monoisotopic (exact) mass is 535 g/mol. The van der Waals surface area contributed by atoms with Gasteiger partial charge in [0.1, 0.15) is 0 Å². The maximum absolute atomic E-state index is 13.7. The predicted octanol–water partition coefficient (Wildman–Crippen LogP) is 2.97. The summed E-state index contributed by atoms with van der Waals surface area (Å²) in [5, 5.41) is 9.39. The molecule has 2 aliphatic rings. The summed E-state index contributed by atoms with van der Waals surface area (Å²) in [6, 6.07) is 10.5. The number of carbonyl (C=O) groups is 1. The molecule has 0 bridgehead atoms. The molecule has 1 heterocycles. The molecule has 4 rings (SSSR count). The number of benzene rings is 2. The van der Waals surface area contributed by atoms with Crippen LogP contribution in [0.3, 0.4) is 0 Å². The van der Waals surface area contributed by atoms with Crippen LogP contribution in [-0.4, -0.2) is 53.3 Å². The van der Waals surface area contributed by atoms with Gasteiger partial charge in [-0.25, -0.2) is 21.6 Å². The largest absolute Gasteiger partial charge is 0.395 e. The van der Waals surface area contributed by atoms with Crippen LogP contribution in [0.5, 0.6) is 0 Å². The highest BCUT2D eigenvalue weighted by Gasteiger charge is 2.45. The van der Waals surface area contributed by atoms with E-state index in [0.717, 1.165) is 49.6 Å². The quantitative estimate of drug-likeness (QED) is 0.476. The van der Waals surface area contributed by atoms with Gasteiger partial charge in [0.25, 0.3) is 5.91 Å². The number of rotatable bonds is 8. The maximum Gasteiger partial charge on any atom is 0.258 e. The third-order valence-electron chi connectivity index (χ3n) is 7.10. The van der Waals surface area contributed by atoms with Gasteiger partial charge in [-0.2, -0.15) is 0 Å². The van der Waals surface area contributed by atoms with Crippen LogP contribution in [0.25, 0.3) is 0 Å². The van der Waals surface area contributed by atoms with Crippen molar-refractivity contribution >= 4 is 37.3 Å². The molecular weight excluding hydrogens is 502 g/mol. The lowest BCUT2D eigenvalue weighted by atomic mass is 9.70. The molecule has 196 valence electrons. The lowest BCUT2D eigenvalue weighted by Crippen LogP contribution is -2.38. The second-order valence-electron chi connectivity index (χ2n) is 9.78. The number of nitrogens with one attached hydrogen (secondary N) is 2. The standard InChI is InChI=1S/C25H33N3O6S2/c1-3-19(16-29)27-36(33,34)21-9-7-8-18(14-21)24(30)28-17-25(12-5-4-6-13-25)22-15-20(10-11-23(22)28)26-35(2,31)32/h7-11,14-15,19,26-27,29H,3-6,12-13,16-17H2,1-2H3. The molecule has 2 aromatic rings. The summed E-state index contributed by atoms with van der Waals surface area (Å²) in [7, 11) is -7.37. The zero-order valence-electron chi connectivity index (χ0n) is 20.5. The van der Waals surface area contributed by atoms with Crippen molar-refractivity contribution in [2.75, 3.05) is 29.0 Å². The van der Waals surface area contributed by atoms with Gasteiger partial charge in [0.2, 0.25) is 20.0 Å². The predicted molar refractivity (Wildman–Crippen MR) is 139 cm³/mol. The minimum absolute atomic E-state index is 0.0419. The molecule has 1 aliphatic carbocycles. The number of carbonyl (C=O) groups excluding carboxylic acids is 1. The molecule has 1 atom stereocenters. The van der Waals surface area contributed by atoms with Crippen LogP contribution >= 0.6 is 0 Å². The molecule has 1 aliphatic heterocycles. The van der Waals surface area contributed by atoms with E-state index in [4.69, 9.17) is 0 Å². The average Bonchev–Trinajstić information content (AvgIpc) is 3.14. The highest BCUT2D eigenvalue weighted by atomic mass is 32.2. The molecule has 1 fully saturated rings. The minimum atomic E-state index is -3.92. The van der Waals surface area contributed by atoms with Crippen molar-refractivity contribution in [2.24, 2.45) is 0 Å². The van der Waals surface area contributed by atoms with E-state index in [1.54, 1.807) is 30.0 Å². The Labute approximate surface area is 213 Å². The van der Waals surface area contributed by atoms with E-state index in [1.165, 1.54) is 18.2 Å². The van der Waals surface area contributed by atoms with Crippen molar-refractivity contribution in [1.29, 1.82) is 0 Å². The Balaban J connectivity index is 1.69. The number of aliphatic hydroxyl groups is 1. The fraction of sp³-hybridized carbons (Fsp3) is 0.480. The highest BCUT2D eigenvalue weighted by Crippen LogP contribution is 2.50. The summed E-state index contributed by atoms with van der Waals surface area (Å²) in [6.07, 6.45) is 6.48. The van der Waals surface area contributed by atoms with Crippen molar-refractivity contribution in [2.45, 2.75) is 61.8 Å². The van der Waals surface area contributed by atoms with E-state index in [2.05, 4.69) is 9.44 Å². The van der Waals surface area contributed by atoms with E-state index in [0.29, 0.717) is 18.7 Å². The van der Waals surface area contributed by atoms with E-state index in [-0.39, 0.29) is 28.4 Å². The number of aliphatic hydroxyl groups excluding tert-OH is 1. The van der Waals surface area contributed by atoms with E-state index in [1.807, 2.05) is 6.07 Å². The molecule has 1 saturated carbocycles. The van der Waals surface area contributed by atoms with Crippen LogP contribution in [0.1, 0.15) is 61.4 Å². The van der Waals surface area contributed by atoms with Gasteiger partial charge in [0.15, 0.2) is 0 Å². The summed E-state index contributed by atoms with van der Waals surface area (Å²) in [4.78, 5) is 15.4. The van der Waals surface area contributed by atoms with Crippen LogP contribution in [0.15, 0.2) is 47.4 Å². The lowest BCUT2D eigenvalue weighted by Gasteiger charge is -2.34. The van der Waals surface area contributed by atoms with Gasteiger partial charge in [-0.15, -0.1) is 0 Å². The van der Waals surface area contributed by atoms with Crippen molar-refractivity contribution in [3.8, 4) is 0 Å². The zero-order chi connectivity index (χ0) is 26.1. The third kappa shape index (κ3) is 5.44. The molecule has 36 heavy (non-hydrogen) atoms. The summed E-state index contributed by atoms with van der Waals surface area (Å²) in [5.74, 6) is -0.311. The fourth-order valence-corrected chi connectivity index (χ4v) is 7.18. The van der Waals surface area contributed by atoms with Gasteiger partial charge in [-0.1, -0.05) is 32.3 Å². The lowest BCUT2D eigenvalue weighted by molar-refractivity contribution is 0.0982. The Kier molecular flexibility index (Phi) is 7.47. The third-order valence-corrected chi connectivity index (χ3v) is 9.23. The maximum atomic E-state index is 13.7. The first-order valence-electron chi connectivity index (χ1n) is 12.2. The topological polar surface area (TPSA) is 133 Å². The normalized spacial score (nSPS) is 18.1. The average molecular weight is 536 g/mol. The van der Waals surface area contributed by atoms with Crippen LogP contribution in [0.4, 0.5) is 11.4 Å². The summed E-state index contributed by atoms with van der Waals surface area (Å²) in [6.45, 7) is 1.91. The van der Waals surface area contributed by atoms with Crippen molar-refractivity contribution < 1.29 is 26.7 Å². The van der Waals surface area contributed by atoms with Gasteiger partial charge in [-0.3, -0.25) is 9.52 Å². The molecule has 2 aromatic carbocycles. The molecule has 1 spiro atoms. The van der Waals surface area contributed by atoms with Gasteiger partial charge in [0, 0.05) is 34.9 Å². The molecule has 0 saturated heterocycles. The number of anilines is 2. The van der Waals surface area contributed by atoms with E-state index < -0.39 is 26.1 Å². The Bertz CT molecular complexity index is 1350. The summed E-state index contributed by atoms with van der Waals surface area (Å²) in [5.41, 5.74) is 2.11. The number of fused-ring (bicyclic) bond motifs is 2. The van der Waals surface area contributed by atoms with Crippen LogP contribution in [0, 0.1) is 0 Å². The van der Waals surface area contributed by atoms with Gasteiger partial charge in [-0.05, 0) is 61.2 Å². The molecule has 9 nitrogen and oxygen atoms in total. The molecule has 0 aromatic heterocycles. The Morgan fingerprint density at radius 2 is 1.81 bits per heavy atom. The summed E-state index contributed by atoms with van der Waals surface area (Å²) >= 11 is 0. The smallest absolute Gasteiger partial charge is 0.258 e. The summed E-state index contributed by atoms with van der Waals surface area (Å²) < 4.78 is 54.3. The van der Waals surface area contributed by atoms with Crippen molar-refractivity contribution in [3.05, 3.63) is 53.6 Å². The Morgan fingerprint density at radius 1 is 1.08 bits per heavy atom. The second kappa shape index (κ2) is 10.1. The van der Waals surface area contributed by atoms with Gasteiger partial charge in [0.05, 0.1) is 17.8 Å². The van der Waals surface area contributed by atoms with Crippen LogP contribution in [0.2, 0.25) is 0 Å². The van der Waals surface area contributed by atoms with Gasteiger partial charge < -0.3 is 10.0 Å². The van der Waals surface area contributed by atoms with Crippen LogP contribution in [-0.2, 0) is 25.5 Å². The van der Waals surface area contributed by atoms with E-state index in [9.17, 15) is 26.7 Å². The molecule has 1 amide bonds. The Hall–Kier alpha value is -2.47. The highest BCUT2D eigenvalue weighted by molar-refractivity contribution is 7.92. The number of sulfonamides is 2. The zero-order valence-corrected chi connectivity index (χ0v) is 22.2. The molecule has 11 heteroatoms. The van der Waals surface area contributed by atoms with Crippen molar-refractivity contribution in [3.63, 3.8) is 0 Å². The molecule has 3 N–H and O–H groups in total. The van der Waals surface area contributed by atoms with Crippen molar-refractivity contribution in [1.82, 2.24) is 4.72 Å². The number of nitrogens with zero attached hydrogens (tertiary/aromatic N) is 1. The fourth-order valence-electron chi connectivity index (χ4n) is 5.27. The van der Waals surface area contributed by atoms with Crippen LogP contribution < -0.4 is 14.3 Å². The van der Waals surface area contributed by atoms with E-state index >= 15 is 0 Å². The number of hydrogen-bond acceptors (Lipinski definition) is 6. The molecule has 0 radical (unpaired) electrons. The first-order chi connectivity index (χ1) is 17.0. The molecular formula is C25H33N3O6S2. The SMILES string of the molecule is CCC(CO)NS(=O)(=O)c1cccc(C(=O)N2CC3(CCCCC3)c3cc(NS(C)(=O)=O)ccc32)c1. The second-order valence-corrected chi connectivity index (χ2v) is 13.2. The molecule has 1 unspecified atom stereocenters. The Morgan fingerprint density at radius 3 is 2.44 bits per heavy atom. The van der Waals surface area contributed by atoms with Gasteiger partial charge >= 0.3 is 0 Å². The minimum Gasteiger partial charge on any atom is -0.395 e. The first-order valence-corrected chi connectivity index (χ1v) is 15.5. The number of hydrogen-bond donors (Lipinski definition) is 3.